The van der Waals surface area contributed by atoms with Crippen LogP contribution >= 0.6 is 0 Å². The van der Waals surface area contributed by atoms with Gasteiger partial charge in [-0.3, -0.25) is 4.79 Å². The number of nitrogens with one attached hydrogen (secondary N) is 2. The zero-order chi connectivity index (χ0) is 13.9. The summed E-state index contributed by atoms with van der Waals surface area (Å²) in [5.41, 5.74) is -0.717. The summed E-state index contributed by atoms with van der Waals surface area (Å²) in [7, 11) is 2.08. The van der Waals surface area contributed by atoms with Crippen LogP contribution in [-0.2, 0) is 4.79 Å². The molecule has 1 unspecified atom stereocenters. The first kappa shape index (κ1) is 14.1. The number of likely N-dealkylation sites (tertiary alicyclic amines) is 1. The van der Waals surface area contributed by atoms with E-state index in [9.17, 15) is 9.59 Å². The first-order chi connectivity index (χ1) is 9.02. The van der Waals surface area contributed by atoms with Crippen molar-refractivity contribution in [1.29, 1.82) is 0 Å². The fraction of sp³-hybridized carbons (Fsp3) is 0.846. The molecule has 2 amide bonds. The molecule has 1 saturated heterocycles. The highest BCUT2D eigenvalue weighted by Crippen LogP contribution is 2.40. The van der Waals surface area contributed by atoms with Gasteiger partial charge in [0, 0.05) is 19.6 Å². The fourth-order valence-electron chi connectivity index (χ4n) is 2.81. The number of carbonyl (C=O) groups is 2. The summed E-state index contributed by atoms with van der Waals surface area (Å²) >= 11 is 0. The Bertz CT molecular complexity index is 355. The molecule has 1 heterocycles. The molecule has 0 aromatic heterocycles. The van der Waals surface area contributed by atoms with Gasteiger partial charge in [0.25, 0.3) is 0 Å². The van der Waals surface area contributed by atoms with Gasteiger partial charge < -0.3 is 20.6 Å². The number of hydrogen-bond donors (Lipinski definition) is 3. The summed E-state index contributed by atoms with van der Waals surface area (Å²) < 4.78 is 0. The molecule has 1 saturated carbocycles. The number of urea groups is 1. The standard InChI is InChI=1S/C13H23N3O3/c1-16-6-3-10(8-16)7-14-12(19)15-9-13(11(17)18)4-2-5-13/h10H,2-9H2,1H3,(H,17,18)(H2,14,15,19). The van der Waals surface area contributed by atoms with Crippen molar-refractivity contribution >= 4 is 12.0 Å². The molecule has 1 atom stereocenters. The number of carboxylic acids is 1. The van der Waals surface area contributed by atoms with Crippen LogP contribution < -0.4 is 10.6 Å². The molecule has 0 spiro atoms. The van der Waals surface area contributed by atoms with Crippen molar-refractivity contribution in [2.24, 2.45) is 11.3 Å². The maximum absolute atomic E-state index is 11.7. The molecule has 0 aromatic carbocycles. The summed E-state index contributed by atoms with van der Waals surface area (Å²) in [5.74, 6) is -0.288. The molecule has 3 N–H and O–H groups in total. The van der Waals surface area contributed by atoms with E-state index in [-0.39, 0.29) is 12.6 Å². The molecule has 6 heteroatoms. The Kier molecular flexibility index (Phi) is 4.29. The lowest BCUT2D eigenvalue weighted by Crippen LogP contribution is -2.50. The van der Waals surface area contributed by atoms with Gasteiger partial charge in [0.1, 0.15) is 0 Å². The second-order valence-corrected chi connectivity index (χ2v) is 5.92. The minimum Gasteiger partial charge on any atom is -0.481 e. The molecule has 2 rings (SSSR count). The van der Waals surface area contributed by atoms with E-state index in [1.54, 1.807) is 0 Å². The predicted octanol–water partition coefficient (Wildman–Crippen LogP) is 0.492. The van der Waals surface area contributed by atoms with Gasteiger partial charge in [-0.05, 0) is 38.8 Å². The number of amides is 2. The van der Waals surface area contributed by atoms with Gasteiger partial charge in [-0.2, -0.15) is 0 Å². The van der Waals surface area contributed by atoms with E-state index in [4.69, 9.17) is 5.11 Å². The maximum Gasteiger partial charge on any atom is 0.314 e. The van der Waals surface area contributed by atoms with E-state index in [1.165, 1.54) is 0 Å². The van der Waals surface area contributed by atoms with Crippen molar-refractivity contribution in [3.8, 4) is 0 Å². The lowest BCUT2D eigenvalue weighted by molar-refractivity contribution is -0.153. The zero-order valence-corrected chi connectivity index (χ0v) is 11.4. The van der Waals surface area contributed by atoms with Crippen molar-refractivity contribution in [3.63, 3.8) is 0 Å². The van der Waals surface area contributed by atoms with Crippen LogP contribution in [0.5, 0.6) is 0 Å². The topological polar surface area (TPSA) is 81.7 Å². The molecule has 2 fully saturated rings. The molecule has 0 bridgehead atoms. The average molecular weight is 269 g/mol. The van der Waals surface area contributed by atoms with E-state index in [0.29, 0.717) is 25.3 Å². The summed E-state index contributed by atoms with van der Waals surface area (Å²) in [6.45, 7) is 2.99. The molecular formula is C13H23N3O3. The Hall–Kier alpha value is -1.30. The van der Waals surface area contributed by atoms with Crippen molar-refractivity contribution < 1.29 is 14.7 Å². The number of aliphatic carboxylic acids is 1. The SMILES string of the molecule is CN1CCC(CNC(=O)NCC2(C(=O)O)CCC2)C1. The van der Waals surface area contributed by atoms with E-state index >= 15 is 0 Å². The highest BCUT2D eigenvalue weighted by molar-refractivity contribution is 5.78. The summed E-state index contributed by atoms with van der Waals surface area (Å²) in [4.78, 5) is 25.1. The number of rotatable bonds is 5. The largest absolute Gasteiger partial charge is 0.481 e. The van der Waals surface area contributed by atoms with Crippen LogP contribution in [0.15, 0.2) is 0 Å². The number of carbonyl (C=O) groups excluding carboxylic acids is 1. The Labute approximate surface area is 113 Å². The molecule has 108 valence electrons. The minimum atomic E-state index is -0.795. The second-order valence-electron chi connectivity index (χ2n) is 5.92. The third kappa shape index (κ3) is 3.37. The average Bonchev–Trinajstić information content (AvgIpc) is 2.70. The third-order valence-electron chi connectivity index (χ3n) is 4.39. The van der Waals surface area contributed by atoms with Gasteiger partial charge in [-0.15, -0.1) is 0 Å². The molecule has 1 aliphatic heterocycles. The number of nitrogens with zero attached hydrogens (tertiary/aromatic N) is 1. The Morgan fingerprint density at radius 2 is 2.11 bits per heavy atom. The summed E-state index contributed by atoms with van der Waals surface area (Å²) in [6, 6.07) is -0.248. The lowest BCUT2D eigenvalue weighted by atomic mass is 9.69. The Balaban J connectivity index is 1.66. The van der Waals surface area contributed by atoms with Crippen LogP contribution in [0.3, 0.4) is 0 Å². The monoisotopic (exact) mass is 269 g/mol. The Morgan fingerprint density at radius 1 is 1.37 bits per heavy atom. The number of hydrogen-bond acceptors (Lipinski definition) is 3. The molecular weight excluding hydrogens is 246 g/mol. The molecule has 2 aliphatic rings. The summed E-state index contributed by atoms with van der Waals surface area (Å²) in [6.07, 6.45) is 3.37. The van der Waals surface area contributed by atoms with Crippen molar-refractivity contribution in [3.05, 3.63) is 0 Å². The van der Waals surface area contributed by atoms with Crippen LogP contribution in [0.4, 0.5) is 4.79 Å². The van der Waals surface area contributed by atoms with E-state index in [1.807, 2.05) is 0 Å². The fourth-order valence-corrected chi connectivity index (χ4v) is 2.81. The molecule has 0 aromatic rings. The molecule has 6 nitrogen and oxygen atoms in total. The van der Waals surface area contributed by atoms with Crippen LogP contribution in [0, 0.1) is 11.3 Å². The van der Waals surface area contributed by atoms with Gasteiger partial charge in [-0.1, -0.05) is 6.42 Å². The predicted molar refractivity (Wildman–Crippen MR) is 70.9 cm³/mol. The number of carboxylic acid groups (broad SMARTS) is 1. The molecule has 0 radical (unpaired) electrons. The van der Waals surface area contributed by atoms with E-state index in [2.05, 4.69) is 22.6 Å². The zero-order valence-electron chi connectivity index (χ0n) is 11.4. The minimum absolute atomic E-state index is 0.235. The van der Waals surface area contributed by atoms with E-state index < -0.39 is 11.4 Å². The first-order valence-corrected chi connectivity index (χ1v) is 6.95. The molecule has 1 aliphatic carbocycles. The highest BCUT2D eigenvalue weighted by Gasteiger charge is 2.44. The quantitative estimate of drug-likeness (QED) is 0.678. The normalized spacial score (nSPS) is 25.6. The third-order valence-corrected chi connectivity index (χ3v) is 4.39. The van der Waals surface area contributed by atoms with Crippen LogP contribution in [0.2, 0.25) is 0 Å². The van der Waals surface area contributed by atoms with Gasteiger partial charge in [0.2, 0.25) is 0 Å². The van der Waals surface area contributed by atoms with E-state index in [0.717, 1.165) is 25.9 Å². The van der Waals surface area contributed by atoms with Crippen molar-refractivity contribution in [2.75, 3.05) is 33.2 Å². The van der Waals surface area contributed by atoms with Gasteiger partial charge in [-0.25, -0.2) is 4.79 Å². The van der Waals surface area contributed by atoms with Crippen molar-refractivity contribution in [1.82, 2.24) is 15.5 Å². The second kappa shape index (κ2) is 5.77. The van der Waals surface area contributed by atoms with Crippen molar-refractivity contribution in [2.45, 2.75) is 25.7 Å². The van der Waals surface area contributed by atoms with Gasteiger partial charge in [0.15, 0.2) is 0 Å². The smallest absolute Gasteiger partial charge is 0.314 e. The Morgan fingerprint density at radius 3 is 2.58 bits per heavy atom. The van der Waals surface area contributed by atoms with Gasteiger partial charge in [0.05, 0.1) is 5.41 Å². The lowest BCUT2D eigenvalue weighted by Gasteiger charge is -2.37. The summed E-state index contributed by atoms with van der Waals surface area (Å²) in [5, 5.41) is 14.7. The first-order valence-electron chi connectivity index (χ1n) is 6.95. The maximum atomic E-state index is 11.7. The van der Waals surface area contributed by atoms with Crippen LogP contribution in [-0.4, -0.2) is 55.2 Å². The highest BCUT2D eigenvalue weighted by atomic mass is 16.4. The van der Waals surface area contributed by atoms with Crippen LogP contribution in [0.1, 0.15) is 25.7 Å². The van der Waals surface area contributed by atoms with Crippen LogP contribution in [0.25, 0.3) is 0 Å². The molecule has 19 heavy (non-hydrogen) atoms. The van der Waals surface area contributed by atoms with Gasteiger partial charge >= 0.3 is 12.0 Å².